The van der Waals surface area contributed by atoms with E-state index >= 15 is 0 Å². The third-order valence-electron chi connectivity index (χ3n) is 3.76. The van der Waals surface area contributed by atoms with E-state index in [0.29, 0.717) is 5.92 Å². The predicted octanol–water partition coefficient (Wildman–Crippen LogP) is 5.77. The predicted molar refractivity (Wildman–Crippen MR) is 92.0 cm³/mol. The second-order valence-electron chi connectivity index (χ2n) is 5.43. The van der Waals surface area contributed by atoms with Crippen LogP contribution in [0.1, 0.15) is 50.3 Å². The lowest BCUT2D eigenvalue weighted by Gasteiger charge is -2.17. The van der Waals surface area contributed by atoms with Crippen LogP contribution in [0.15, 0.2) is 46.9 Å². The van der Waals surface area contributed by atoms with Crippen LogP contribution in [0, 0.1) is 0 Å². The molecule has 0 saturated heterocycles. The summed E-state index contributed by atoms with van der Waals surface area (Å²) >= 11 is 3.57. The van der Waals surface area contributed by atoms with Gasteiger partial charge in [-0.2, -0.15) is 0 Å². The Kier molecular flexibility index (Phi) is 5.43. The van der Waals surface area contributed by atoms with E-state index in [1.165, 1.54) is 5.56 Å². The van der Waals surface area contributed by atoms with Gasteiger partial charge >= 0.3 is 0 Å². The highest BCUT2D eigenvalue weighted by Gasteiger charge is 2.12. The van der Waals surface area contributed by atoms with Crippen LogP contribution in [-0.2, 0) is 0 Å². The third kappa shape index (κ3) is 3.86. The molecule has 2 N–H and O–H groups in total. The number of benzene rings is 2. The van der Waals surface area contributed by atoms with E-state index in [1.807, 2.05) is 37.3 Å². The average Bonchev–Trinajstić information content (AvgIpc) is 2.49. The van der Waals surface area contributed by atoms with Crippen molar-refractivity contribution in [2.75, 3.05) is 0 Å². The van der Waals surface area contributed by atoms with Crippen molar-refractivity contribution in [1.29, 1.82) is 0 Å². The zero-order valence-corrected chi connectivity index (χ0v) is 14.4. The Bertz CT molecular complexity index is 610. The molecule has 0 aliphatic carbocycles. The van der Waals surface area contributed by atoms with Crippen molar-refractivity contribution in [2.45, 2.75) is 39.2 Å². The molecule has 3 heteroatoms. The Hall–Kier alpha value is -1.32. The molecule has 2 aromatic rings. The Balaban J connectivity index is 2.30. The van der Waals surface area contributed by atoms with E-state index in [2.05, 4.69) is 41.9 Å². The first-order valence-corrected chi connectivity index (χ1v) is 8.14. The molecule has 112 valence electrons. The van der Waals surface area contributed by atoms with Gasteiger partial charge in [0, 0.05) is 6.04 Å². The van der Waals surface area contributed by atoms with Gasteiger partial charge in [-0.1, -0.05) is 38.1 Å². The van der Waals surface area contributed by atoms with Gasteiger partial charge in [-0.3, -0.25) is 0 Å². The number of hydrogen-bond donors (Lipinski definition) is 1. The molecule has 21 heavy (non-hydrogen) atoms. The standard InChI is InChI=1S/C18H22BrNO/c1-4-12(2)15-7-5-6-8-17(15)21-18-10-9-14(13(3)20)11-16(18)19/h5-13H,4,20H2,1-3H3. The molecule has 0 saturated carbocycles. The van der Waals surface area contributed by atoms with Gasteiger partial charge in [0.1, 0.15) is 11.5 Å². The topological polar surface area (TPSA) is 35.2 Å². The molecule has 2 unspecified atom stereocenters. The fourth-order valence-electron chi connectivity index (χ4n) is 2.20. The number of hydrogen-bond acceptors (Lipinski definition) is 2. The summed E-state index contributed by atoms with van der Waals surface area (Å²) in [5.41, 5.74) is 8.23. The van der Waals surface area contributed by atoms with Crippen molar-refractivity contribution < 1.29 is 4.74 Å². The van der Waals surface area contributed by atoms with Gasteiger partial charge in [-0.15, -0.1) is 0 Å². The van der Waals surface area contributed by atoms with Crippen LogP contribution >= 0.6 is 15.9 Å². The van der Waals surface area contributed by atoms with Crippen molar-refractivity contribution >= 4 is 15.9 Å². The third-order valence-corrected chi connectivity index (χ3v) is 4.38. The van der Waals surface area contributed by atoms with Crippen molar-refractivity contribution in [3.63, 3.8) is 0 Å². The molecule has 0 aromatic heterocycles. The Labute approximate surface area is 135 Å². The van der Waals surface area contributed by atoms with Crippen LogP contribution in [0.3, 0.4) is 0 Å². The van der Waals surface area contributed by atoms with Gasteiger partial charge in [0.25, 0.3) is 0 Å². The molecule has 0 amide bonds. The second kappa shape index (κ2) is 7.10. The molecule has 0 aliphatic rings. The first-order chi connectivity index (χ1) is 10.0. The maximum absolute atomic E-state index is 6.11. The van der Waals surface area contributed by atoms with E-state index < -0.39 is 0 Å². The average molecular weight is 348 g/mol. The maximum atomic E-state index is 6.11. The Morgan fingerprint density at radius 1 is 1.10 bits per heavy atom. The first kappa shape index (κ1) is 16.1. The SMILES string of the molecule is CCC(C)c1ccccc1Oc1ccc(C(C)N)cc1Br. The largest absolute Gasteiger partial charge is 0.456 e. The monoisotopic (exact) mass is 347 g/mol. The number of nitrogens with two attached hydrogens (primary N) is 1. The Morgan fingerprint density at radius 3 is 2.43 bits per heavy atom. The highest BCUT2D eigenvalue weighted by Crippen LogP contribution is 2.36. The van der Waals surface area contributed by atoms with Gasteiger partial charge < -0.3 is 10.5 Å². The van der Waals surface area contributed by atoms with Crippen LogP contribution in [0.2, 0.25) is 0 Å². The molecule has 2 nitrogen and oxygen atoms in total. The fraction of sp³-hybridized carbons (Fsp3) is 0.333. The fourth-order valence-corrected chi connectivity index (χ4v) is 2.68. The second-order valence-corrected chi connectivity index (χ2v) is 6.28. The zero-order valence-electron chi connectivity index (χ0n) is 12.8. The first-order valence-electron chi connectivity index (χ1n) is 7.34. The number of para-hydroxylation sites is 1. The van der Waals surface area contributed by atoms with E-state index in [1.54, 1.807) is 0 Å². The van der Waals surface area contributed by atoms with Crippen LogP contribution in [0.25, 0.3) is 0 Å². The summed E-state index contributed by atoms with van der Waals surface area (Å²) in [6.45, 7) is 6.38. The molecule has 2 atom stereocenters. The van der Waals surface area contributed by atoms with E-state index in [-0.39, 0.29) is 6.04 Å². The normalized spacial score (nSPS) is 13.8. The van der Waals surface area contributed by atoms with E-state index in [4.69, 9.17) is 10.5 Å². The molecule has 0 bridgehead atoms. The summed E-state index contributed by atoms with van der Waals surface area (Å²) in [6.07, 6.45) is 1.09. The van der Waals surface area contributed by atoms with E-state index in [0.717, 1.165) is 28.0 Å². The molecular weight excluding hydrogens is 326 g/mol. The molecule has 0 radical (unpaired) electrons. The van der Waals surface area contributed by atoms with Gasteiger partial charge in [-0.25, -0.2) is 0 Å². The minimum Gasteiger partial charge on any atom is -0.456 e. The molecule has 0 spiro atoms. The number of rotatable bonds is 5. The molecule has 0 aliphatic heterocycles. The van der Waals surface area contributed by atoms with Crippen molar-refractivity contribution in [1.82, 2.24) is 0 Å². The van der Waals surface area contributed by atoms with Crippen LogP contribution in [0.5, 0.6) is 11.5 Å². The van der Waals surface area contributed by atoms with Gasteiger partial charge in [0.2, 0.25) is 0 Å². The van der Waals surface area contributed by atoms with Gasteiger partial charge in [0.15, 0.2) is 0 Å². The molecule has 0 heterocycles. The van der Waals surface area contributed by atoms with Crippen LogP contribution < -0.4 is 10.5 Å². The zero-order chi connectivity index (χ0) is 15.4. The highest BCUT2D eigenvalue weighted by molar-refractivity contribution is 9.10. The number of halogens is 1. The molecule has 0 fully saturated rings. The maximum Gasteiger partial charge on any atom is 0.141 e. The van der Waals surface area contributed by atoms with Gasteiger partial charge in [-0.05, 0) is 64.5 Å². The van der Waals surface area contributed by atoms with Crippen LogP contribution in [-0.4, -0.2) is 0 Å². The van der Waals surface area contributed by atoms with Gasteiger partial charge in [0.05, 0.1) is 4.47 Å². The number of ether oxygens (including phenoxy) is 1. The van der Waals surface area contributed by atoms with Crippen molar-refractivity contribution in [2.24, 2.45) is 5.73 Å². The summed E-state index contributed by atoms with van der Waals surface area (Å²) in [4.78, 5) is 0. The smallest absolute Gasteiger partial charge is 0.141 e. The lowest BCUT2D eigenvalue weighted by molar-refractivity contribution is 0.467. The molecular formula is C18H22BrNO. The van der Waals surface area contributed by atoms with Crippen molar-refractivity contribution in [3.05, 3.63) is 58.1 Å². The van der Waals surface area contributed by atoms with Crippen LogP contribution in [0.4, 0.5) is 0 Å². The highest BCUT2D eigenvalue weighted by atomic mass is 79.9. The summed E-state index contributed by atoms with van der Waals surface area (Å²) in [5, 5.41) is 0. The quantitative estimate of drug-likeness (QED) is 0.744. The Morgan fingerprint density at radius 2 is 1.81 bits per heavy atom. The summed E-state index contributed by atoms with van der Waals surface area (Å²) in [6, 6.07) is 14.2. The van der Waals surface area contributed by atoms with E-state index in [9.17, 15) is 0 Å². The summed E-state index contributed by atoms with van der Waals surface area (Å²) in [7, 11) is 0. The minimum atomic E-state index is 0.0164. The lowest BCUT2D eigenvalue weighted by Crippen LogP contribution is -2.04. The van der Waals surface area contributed by atoms with Crippen molar-refractivity contribution in [3.8, 4) is 11.5 Å². The molecule has 2 aromatic carbocycles. The lowest BCUT2D eigenvalue weighted by atomic mass is 9.98. The summed E-state index contributed by atoms with van der Waals surface area (Å²) < 4.78 is 7.04. The molecule has 2 rings (SSSR count). The minimum absolute atomic E-state index is 0.0164. The summed E-state index contributed by atoms with van der Waals surface area (Å²) in [5.74, 6) is 2.21.